The monoisotopic (exact) mass is 206 g/mol. The van der Waals surface area contributed by atoms with Crippen molar-refractivity contribution >= 4 is 15.9 Å². The van der Waals surface area contributed by atoms with Crippen molar-refractivity contribution < 1.29 is 13.2 Å². The molecule has 1 aliphatic rings. The Labute approximate surface area is 77.9 Å². The first-order valence-corrected chi connectivity index (χ1v) is 5.85. The summed E-state index contributed by atoms with van der Waals surface area (Å²) in [6, 6.07) is -0.419. The lowest BCUT2D eigenvalue weighted by Crippen LogP contribution is -2.49. The SMILES string of the molecule is CC(CN)N1C(=O)CCCS1(=O)=O. The van der Waals surface area contributed by atoms with Gasteiger partial charge in [0.2, 0.25) is 15.9 Å². The Morgan fingerprint density at radius 3 is 2.69 bits per heavy atom. The molecular formula is C7H14N2O3S. The molecule has 0 saturated carbocycles. The lowest BCUT2D eigenvalue weighted by atomic mass is 10.2. The molecule has 1 atom stereocenters. The normalized spacial score (nSPS) is 24.5. The molecule has 2 N–H and O–H groups in total. The molecule has 1 aliphatic heterocycles. The number of hydrogen-bond acceptors (Lipinski definition) is 4. The third-order valence-corrected chi connectivity index (χ3v) is 4.05. The molecule has 6 heteroatoms. The molecular weight excluding hydrogens is 192 g/mol. The van der Waals surface area contributed by atoms with Gasteiger partial charge in [-0.15, -0.1) is 0 Å². The first-order valence-electron chi connectivity index (χ1n) is 4.24. The zero-order valence-corrected chi connectivity index (χ0v) is 8.38. The summed E-state index contributed by atoms with van der Waals surface area (Å²) in [7, 11) is -3.38. The Kier molecular flexibility index (Phi) is 2.92. The minimum absolute atomic E-state index is 0.0586. The Hall–Kier alpha value is -0.620. The van der Waals surface area contributed by atoms with Gasteiger partial charge in [-0.25, -0.2) is 12.7 Å². The zero-order chi connectivity index (χ0) is 10.1. The van der Waals surface area contributed by atoms with E-state index in [1.54, 1.807) is 6.92 Å². The fraction of sp³-hybridized carbons (Fsp3) is 0.857. The first kappa shape index (κ1) is 10.5. The Morgan fingerprint density at radius 2 is 2.23 bits per heavy atom. The second-order valence-corrected chi connectivity index (χ2v) is 5.16. The molecule has 1 saturated heterocycles. The smallest absolute Gasteiger partial charge is 0.237 e. The van der Waals surface area contributed by atoms with E-state index < -0.39 is 16.1 Å². The summed E-state index contributed by atoms with van der Waals surface area (Å²) >= 11 is 0. The maximum absolute atomic E-state index is 11.4. The van der Waals surface area contributed by atoms with Gasteiger partial charge >= 0.3 is 0 Å². The molecule has 0 radical (unpaired) electrons. The van der Waals surface area contributed by atoms with Crippen molar-refractivity contribution in [2.75, 3.05) is 12.3 Å². The Morgan fingerprint density at radius 1 is 1.62 bits per heavy atom. The fourth-order valence-corrected chi connectivity index (χ4v) is 3.13. The molecule has 0 bridgehead atoms. The van der Waals surface area contributed by atoms with Gasteiger partial charge in [-0.1, -0.05) is 0 Å². The van der Waals surface area contributed by atoms with Crippen molar-refractivity contribution in [1.29, 1.82) is 0 Å². The highest BCUT2D eigenvalue weighted by Crippen LogP contribution is 2.17. The van der Waals surface area contributed by atoms with E-state index in [9.17, 15) is 13.2 Å². The third-order valence-electron chi connectivity index (χ3n) is 2.08. The molecule has 76 valence electrons. The molecule has 1 fully saturated rings. The van der Waals surface area contributed by atoms with Gasteiger partial charge in [0, 0.05) is 13.0 Å². The summed E-state index contributed by atoms with van der Waals surface area (Å²) in [5.74, 6) is -0.271. The average molecular weight is 206 g/mol. The van der Waals surface area contributed by atoms with Gasteiger partial charge in [0.15, 0.2) is 0 Å². The molecule has 0 spiro atoms. The van der Waals surface area contributed by atoms with Gasteiger partial charge in [-0.05, 0) is 13.3 Å². The number of carbonyl (C=O) groups is 1. The van der Waals surface area contributed by atoms with Crippen LogP contribution in [0.3, 0.4) is 0 Å². The molecule has 1 unspecified atom stereocenters. The van der Waals surface area contributed by atoms with E-state index in [4.69, 9.17) is 5.73 Å². The number of carbonyl (C=O) groups excluding carboxylic acids is 1. The van der Waals surface area contributed by atoms with Crippen molar-refractivity contribution in [3.63, 3.8) is 0 Å². The van der Waals surface area contributed by atoms with E-state index in [2.05, 4.69) is 0 Å². The van der Waals surface area contributed by atoms with Gasteiger partial charge < -0.3 is 5.73 Å². The van der Waals surface area contributed by atoms with Crippen molar-refractivity contribution in [2.45, 2.75) is 25.8 Å². The fourth-order valence-electron chi connectivity index (χ4n) is 1.39. The van der Waals surface area contributed by atoms with Crippen LogP contribution in [0, 0.1) is 0 Å². The summed E-state index contributed by atoms with van der Waals surface area (Å²) < 4.78 is 23.8. The molecule has 5 nitrogen and oxygen atoms in total. The minimum atomic E-state index is -3.38. The van der Waals surface area contributed by atoms with Crippen LogP contribution in [0.1, 0.15) is 19.8 Å². The number of hydrogen-bond donors (Lipinski definition) is 1. The van der Waals surface area contributed by atoms with Crippen LogP contribution in [0.2, 0.25) is 0 Å². The van der Waals surface area contributed by atoms with Gasteiger partial charge in [-0.2, -0.15) is 0 Å². The lowest BCUT2D eigenvalue weighted by Gasteiger charge is -2.30. The van der Waals surface area contributed by atoms with Crippen LogP contribution < -0.4 is 5.73 Å². The minimum Gasteiger partial charge on any atom is -0.328 e. The molecule has 1 amide bonds. The van der Waals surface area contributed by atoms with Crippen molar-refractivity contribution in [3.05, 3.63) is 0 Å². The summed E-state index contributed by atoms with van der Waals surface area (Å²) in [6.07, 6.45) is 0.735. The first-order chi connectivity index (χ1) is 5.99. The molecule has 0 aromatic rings. The second-order valence-electron chi connectivity index (χ2n) is 3.19. The molecule has 1 heterocycles. The topological polar surface area (TPSA) is 80.5 Å². The van der Waals surface area contributed by atoms with Crippen molar-refractivity contribution in [1.82, 2.24) is 4.31 Å². The maximum Gasteiger partial charge on any atom is 0.237 e. The largest absolute Gasteiger partial charge is 0.328 e. The molecule has 0 aliphatic carbocycles. The van der Waals surface area contributed by atoms with Crippen LogP contribution in [-0.2, 0) is 14.8 Å². The summed E-state index contributed by atoms with van der Waals surface area (Å²) in [5, 5.41) is 0. The maximum atomic E-state index is 11.4. The number of amides is 1. The molecule has 13 heavy (non-hydrogen) atoms. The quantitative estimate of drug-likeness (QED) is 0.647. The van der Waals surface area contributed by atoms with Gasteiger partial charge in [0.1, 0.15) is 0 Å². The van der Waals surface area contributed by atoms with Crippen LogP contribution in [0.5, 0.6) is 0 Å². The second kappa shape index (κ2) is 3.63. The standard InChI is InChI=1S/C7H14N2O3S/c1-6(5-8)9-7(10)3-2-4-13(9,11)12/h6H,2-5,8H2,1H3. The van der Waals surface area contributed by atoms with Gasteiger partial charge in [0.25, 0.3) is 0 Å². The third kappa shape index (κ3) is 2.00. The lowest BCUT2D eigenvalue weighted by molar-refractivity contribution is -0.128. The predicted octanol–water partition coefficient (Wildman–Crippen LogP) is -0.714. The number of nitrogens with zero attached hydrogens (tertiary/aromatic N) is 1. The van der Waals surface area contributed by atoms with E-state index in [0.29, 0.717) is 12.8 Å². The predicted molar refractivity (Wildman–Crippen MR) is 48.4 cm³/mol. The summed E-state index contributed by atoms with van der Waals surface area (Å²) in [4.78, 5) is 11.3. The van der Waals surface area contributed by atoms with Crippen LogP contribution in [0.4, 0.5) is 0 Å². The molecule has 1 rings (SSSR count). The van der Waals surface area contributed by atoms with Gasteiger partial charge in [-0.3, -0.25) is 4.79 Å². The molecule has 0 aromatic carbocycles. The van der Waals surface area contributed by atoms with E-state index in [0.717, 1.165) is 4.31 Å². The Balaban J connectivity index is 2.94. The number of rotatable bonds is 2. The van der Waals surface area contributed by atoms with E-state index in [1.165, 1.54) is 0 Å². The summed E-state index contributed by atoms with van der Waals surface area (Å²) in [5.41, 5.74) is 5.33. The van der Waals surface area contributed by atoms with Crippen LogP contribution in [0.15, 0.2) is 0 Å². The zero-order valence-electron chi connectivity index (χ0n) is 7.56. The molecule has 0 aromatic heterocycles. The van der Waals surface area contributed by atoms with E-state index in [-0.39, 0.29) is 18.2 Å². The average Bonchev–Trinajstić information content (AvgIpc) is 2.02. The van der Waals surface area contributed by atoms with Gasteiger partial charge in [0.05, 0.1) is 11.8 Å². The van der Waals surface area contributed by atoms with Crippen molar-refractivity contribution in [3.8, 4) is 0 Å². The highest BCUT2D eigenvalue weighted by Gasteiger charge is 2.34. The number of nitrogens with two attached hydrogens (primary N) is 1. The number of sulfonamides is 1. The Bertz CT molecular complexity index is 299. The van der Waals surface area contributed by atoms with Crippen molar-refractivity contribution in [2.24, 2.45) is 5.73 Å². The summed E-state index contributed by atoms with van der Waals surface area (Å²) in [6.45, 7) is 1.81. The highest BCUT2D eigenvalue weighted by atomic mass is 32.2. The van der Waals surface area contributed by atoms with E-state index >= 15 is 0 Å². The van der Waals surface area contributed by atoms with E-state index in [1.807, 2.05) is 0 Å². The van der Waals surface area contributed by atoms with Crippen LogP contribution in [-0.4, -0.2) is 37.0 Å². The van der Waals surface area contributed by atoms with Crippen LogP contribution in [0.25, 0.3) is 0 Å². The van der Waals surface area contributed by atoms with Crippen LogP contribution >= 0.6 is 0 Å². The highest BCUT2D eigenvalue weighted by molar-refractivity contribution is 7.89.